The molecule has 2 saturated carbocycles. The van der Waals surface area contributed by atoms with Crippen LogP contribution in [0.3, 0.4) is 0 Å². The fourth-order valence-electron chi connectivity index (χ4n) is 3.30. The van der Waals surface area contributed by atoms with Crippen LogP contribution < -0.4 is 0 Å². The smallest absolute Gasteiger partial charge is 0.0462 e. The maximum absolute atomic E-state index is 9.23. The molecule has 2 unspecified atom stereocenters. The molecular weight excluding hydrogens is 148 g/mol. The number of hydrogen-bond donors (Lipinski definition) is 1. The Labute approximate surface area is 75.2 Å². The Morgan fingerprint density at radius 1 is 0.917 bits per heavy atom. The van der Waals surface area contributed by atoms with Gasteiger partial charge < -0.3 is 5.11 Å². The topological polar surface area (TPSA) is 20.2 Å². The lowest BCUT2D eigenvalue weighted by Crippen LogP contribution is -2.32. The van der Waals surface area contributed by atoms with Gasteiger partial charge in [-0.15, -0.1) is 0 Å². The molecule has 1 N–H and O–H groups in total. The minimum absolute atomic E-state index is 0.446. The van der Waals surface area contributed by atoms with E-state index in [1.807, 2.05) is 0 Å². The summed E-state index contributed by atoms with van der Waals surface area (Å²) in [5.74, 6) is 2.52. The molecule has 0 saturated heterocycles. The summed E-state index contributed by atoms with van der Waals surface area (Å²) in [6.07, 6.45) is 9.80. The minimum atomic E-state index is 0.446. The molecule has 0 bridgehead atoms. The van der Waals surface area contributed by atoms with Gasteiger partial charge in [-0.05, 0) is 30.6 Å². The lowest BCUT2D eigenvalue weighted by molar-refractivity contribution is 0.0602. The van der Waals surface area contributed by atoms with Crippen molar-refractivity contribution in [2.24, 2.45) is 17.8 Å². The molecule has 2 aliphatic carbocycles. The number of fused-ring (bicyclic) bond motifs is 1. The first-order valence-corrected chi connectivity index (χ1v) is 5.52. The van der Waals surface area contributed by atoms with E-state index in [0.29, 0.717) is 12.5 Å². The van der Waals surface area contributed by atoms with Crippen molar-refractivity contribution in [1.29, 1.82) is 0 Å². The highest BCUT2D eigenvalue weighted by molar-refractivity contribution is 4.84. The molecule has 2 aliphatic rings. The van der Waals surface area contributed by atoms with Crippen LogP contribution in [0.4, 0.5) is 0 Å². The predicted octanol–water partition coefficient (Wildman–Crippen LogP) is 2.59. The Balaban J connectivity index is 1.99. The van der Waals surface area contributed by atoms with Crippen molar-refractivity contribution in [3.8, 4) is 0 Å². The van der Waals surface area contributed by atoms with Crippen LogP contribution in [-0.4, -0.2) is 11.7 Å². The molecule has 0 aromatic rings. The molecule has 0 aromatic heterocycles. The molecule has 0 aromatic carbocycles. The van der Waals surface area contributed by atoms with Gasteiger partial charge >= 0.3 is 0 Å². The molecule has 2 rings (SSSR count). The summed E-state index contributed by atoms with van der Waals surface area (Å²) in [4.78, 5) is 0. The van der Waals surface area contributed by atoms with Gasteiger partial charge in [-0.2, -0.15) is 0 Å². The van der Waals surface area contributed by atoms with Gasteiger partial charge in [-0.1, -0.05) is 32.1 Å². The minimum Gasteiger partial charge on any atom is -0.396 e. The van der Waals surface area contributed by atoms with Gasteiger partial charge in [0, 0.05) is 6.61 Å². The van der Waals surface area contributed by atoms with Gasteiger partial charge in [-0.3, -0.25) is 0 Å². The van der Waals surface area contributed by atoms with E-state index in [9.17, 15) is 5.11 Å². The molecule has 70 valence electrons. The summed E-state index contributed by atoms with van der Waals surface area (Å²) < 4.78 is 0. The Morgan fingerprint density at radius 3 is 2.50 bits per heavy atom. The molecule has 0 aliphatic heterocycles. The van der Waals surface area contributed by atoms with Crippen molar-refractivity contribution in [2.45, 2.75) is 44.9 Å². The van der Waals surface area contributed by atoms with Crippen LogP contribution in [0.2, 0.25) is 0 Å². The van der Waals surface area contributed by atoms with E-state index in [0.717, 1.165) is 11.8 Å². The van der Waals surface area contributed by atoms with Crippen LogP contribution in [0.25, 0.3) is 0 Å². The maximum Gasteiger partial charge on any atom is 0.0462 e. The van der Waals surface area contributed by atoms with Crippen molar-refractivity contribution in [2.75, 3.05) is 6.61 Å². The van der Waals surface area contributed by atoms with Crippen molar-refractivity contribution >= 4 is 0 Å². The molecule has 2 fully saturated rings. The maximum atomic E-state index is 9.23. The number of aliphatic hydroxyl groups excluding tert-OH is 1. The zero-order chi connectivity index (χ0) is 8.39. The highest BCUT2D eigenvalue weighted by Gasteiger charge is 2.33. The van der Waals surface area contributed by atoms with E-state index in [2.05, 4.69) is 0 Å². The van der Waals surface area contributed by atoms with Gasteiger partial charge in [0.1, 0.15) is 0 Å². The van der Waals surface area contributed by atoms with Crippen LogP contribution in [0, 0.1) is 17.8 Å². The Morgan fingerprint density at radius 2 is 1.67 bits per heavy atom. The average molecular weight is 168 g/mol. The first-order valence-electron chi connectivity index (χ1n) is 5.52. The summed E-state index contributed by atoms with van der Waals surface area (Å²) in [7, 11) is 0. The Bertz CT molecular complexity index is 135. The molecule has 0 heterocycles. The molecule has 1 nitrogen and oxygen atoms in total. The summed E-state index contributed by atoms with van der Waals surface area (Å²) >= 11 is 0. The van der Waals surface area contributed by atoms with Crippen LogP contribution >= 0.6 is 0 Å². The molecular formula is C11H20O. The SMILES string of the molecule is OCC1CCCC2CCCC[C@H]12. The number of hydrogen-bond acceptors (Lipinski definition) is 1. The zero-order valence-electron chi connectivity index (χ0n) is 7.84. The van der Waals surface area contributed by atoms with Crippen molar-refractivity contribution in [1.82, 2.24) is 0 Å². The predicted molar refractivity (Wildman–Crippen MR) is 49.9 cm³/mol. The first kappa shape index (κ1) is 8.55. The molecule has 1 heteroatoms. The standard InChI is InChI=1S/C11H20O/c12-8-10-6-3-5-9-4-1-2-7-11(9)10/h9-12H,1-8H2/t9?,10?,11-/m0/s1. The third-order valence-electron chi connectivity index (χ3n) is 3.96. The second-order valence-corrected chi connectivity index (χ2v) is 4.58. The summed E-state index contributed by atoms with van der Waals surface area (Å²) in [5.41, 5.74) is 0. The second-order valence-electron chi connectivity index (χ2n) is 4.58. The number of rotatable bonds is 1. The van der Waals surface area contributed by atoms with Gasteiger partial charge in [0.25, 0.3) is 0 Å². The molecule has 0 radical (unpaired) electrons. The summed E-state index contributed by atoms with van der Waals surface area (Å²) in [6.45, 7) is 0.446. The molecule has 0 amide bonds. The fraction of sp³-hybridized carbons (Fsp3) is 1.00. The van der Waals surface area contributed by atoms with Crippen molar-refractivity contribution in [3.05, 3.63) is 0 Å². The quantitative estimate of drug-likeness (QED) is 0.638. The van der Waals surface area contributed by atoms with Gasteiger partial charge in [0.15, 0.2) is 0 Å². The van der Waals surface area contributed by atoms with Gasteiger partial charge in [0.2, 0.25) is 0 Å². The summed E-state index contributed by atoms with van der Waals surface area (Å²) in [6, 6.07) is 0. The zero-order valence-corrected chi connectivity index (χ0v) is 7.84. The van der Waals surface area contributed by atoms with Crippen LogP contribution in [-0.2, 0) is 0 Å². The van der Waals surface area contributed by atoms with E-state index in [-0.39, 0.29) is 0 Å². The van der Waals surface area contributed by atoms with Crippen molar-refractivity contribution < 1.29 is 5.11 Å². The first-order chi connectivity index (χ1) is 5.92. The third kappa shape index (κ3) is 1.52. The van der Waals surface area contributed by atoms with Crippen LogP contribution in [0.15, 0.2) is 0 Å². The van der Waals surface area contributed by atoms with E-state index < -0.39 is 0 Å². The van der Waals surface area contributed by atoms with E-state index in [1.54, 1.807) is 0 Å². The number of aliphatic hydroxyl groups is 1. The van der Waals surface area contributed by atoms with E-state index in [4.69, 9.17) is 0 Å². The monoisotopic (exact) mass is 168 g/mol. The molecule has 3 atom stereocenters. The highest BCUT2D eigenvalue weighted by Crippen LogP contribution is 2.43. The van der Waals surface area contributed by atoms with Gasteiger partial charge in [0.05, 0.1) is 0 Å². The van der Waals surface area contributed by atoms with Crippen LogP contribution in [0.5, 0.6) is 0 Å². The largest absolute Gasteiger partial charge is 0.396 e. The van der Waals surface area contributed by atoms with E-state index >= 15 is 0 Å². The summed E-state index contributed by atoms with van der Waals surface area (Å²) in [5, 5.41) is 9.23. The van der Waals surface area contributed by atoms with Gasteiger partial charge in [-0.25, -0.2) is 0 Å². The molecule has 12 heavy (non-hydrogen) atoms. The lowest BCUT2D eigenvalue weighted by Gasteiger charge is -2.40. The highest BCUT2D eigenvalue weighted by atomic mass is 16.3. The Kier molecular flexibility index (Phi) is 2.69. The van der Waals surface area contributed by atoms with Crippen molar-refractivity contribution in [3.63, 3.8) is 0 Å². The Hall–Kier alpha value is -0.0400. The average Bonchev–Trinajstić information content (AvgIpc) is 2.17. The van der Waals surface area contributed by atoms with Crippen LogP contribution in [0.1, 0.15) is 44.9 Å². The lowest BCUT2D eigenvalue weighted by atomic mass is 9.66. The third-order valence-corrected chi connectivity index (χ3v) is 3.96. The van der Waals surface area contributed by atoms with E-state index in [1.165, 1.54) is 44.9 Å². The fourth-order valence-corrected chi connectivity index (χ4v) is 3.30. The molecule has 0 spiro atoms. The normalized spacial score (nSPS) is 42.2. The second kappa shape index (κ2) is 3.78.